The molecule has 3 rings (SSSR count). The Labute approximate surface area is 126 Å². The molecule has 2 aromatic rings. The van der Waals surface area contributed by atoms with Gasteiger partial charge in [-0.2, -0.15) is 0 Å². The van der Waals surface area contributed by atoms with E-state index in [2.05, 4.69) is 32.5 Å². The standard InChI is InChI=1S/C15H15IN2O/c16-11-6-8-12(9-7-11)17-15(19)14-5-2-10-18(14)13-3-1-4-13/h2,5-10,13H,1,3-4H2,(H,17,19). The highest BCUT2D eigenvalue weighted by Gasteiger charge is 2.23. The molecule has 1 fully saturated rings. The Hall–Kier alpha value is -1.30. The third kappa shape index (κ3) is 2.68. The topological polar surface area (TPSA) is 34.0 Å². The van der Waals surface area contributed by atoms with Gasteiger partial charge in [0.25, 0.3) is 5.91 Å². The van der Waals surface area contributed by atoms with E-state index in [4.69, 9.17) is 0 Å². The van der Waals surface area contributed by atoms with Crippen molar-refractivity contribution in [2.45, 2.75) is 25.3 Å². The van der Waals surface area contributed by atoms with E-state index in [1.54, 1.807) is 0 Å². The van der Waals surface area contributed by atoms with Gasteiger partial charge in [-0.05, 0) is 78.3 Å². The number of anilines is 1. The van der Waals surface area contributed by atoms with E-state index in [9.17, 15) is 4.79 Å². The first-order valence-electron chi connectivity index (χ1n) is 6.48. The molecule has 1 aromatic carbocycles. The zero-order valence-corrected chi connectivity index (χ0v) is 12.6. The third-order valence-electron chi connectivity index (χ3n) is 3.58. The molecule has 0 spiro atoms. The smallest absolute Gasteiger partial charge is 0.272 e. The van der Waals surface area contributed by atoms with Gasteiger partial charge < -0.3 is 9.88 Å². The minimum absolute atomic E-state index is 0.0295. The van der Waals surface area contributed by atoms with Crippen LogP contribution in [0.1, 0.15) is 35.8 Å². The fourth-order valence-corrected chi connectivity index (χ4v) is 2.66. The number of carbonyl (C=O) groups excluding carboxylic acids is 1. The number of aromatic nitrogens is 1. The summed E-state index contributed by atoms with van der Waals surface area (Å²) in [5.74, 6) is -0.0295. The molecule has 0 atom stereocenters. The van der Waals surface area contributed by atoms with E-state index in [1.807, 2.05) is 42.6 Å². The summed E-state index contributed by atoms with van der Waals surface area (Å²) in [4.78, 5) is 12.3. The van der Waals surface area contributed by atoms with Crippen molar-refractivity contribution in [2.75, 3.05) is 5.32 Å². The summed E-state index contributed by atoms with van der Waals surface area (Å²) in [5.41, 5.74) is 1.59. The lowest BCUT2D eigenvalue weighted by molar-refractivity contribution is 0.101. The van der Waals surface area contributed by atoms with Gasteiger partial charge in [-0.25, -0.2) is 0 Å². The lowest BCUT2D eigenvalue weighted by Crippen LogP contribution is -2.23. The molecule has 0 unspecified atom stereocenters. The summed E-state index contributed by atoms with van der Waals surface area (Å²) in [5, 5.41) is 2.95. The molecule has 1 heterocycles. The van der Waals surface area contributed by atoms with Crippen LogP contribution in [0.2, 0.25) is 0 Å². The van der Waals surface area contributed by atoms with Gasteiger partial charge in [0, 0.05) is 21.5 Å². The maximum Gasteiger partial charge on any atom is 0.272 e. The van der Waals surface area contributed by atoms with Crippen LogP contribution in [-0.4, -0.2) is 10.5 Å². The normalized spacial score (nSPS) is 15.0. The van der Waals surface area contributed by atoms with E-state index >= 15 is 0 Å². The van der Waals surface area contributed by atoms with Crippen molar-refractivity contribution in [3.05, 3.63) is 51.9 Å². The van der Waals surface area contributed by atoms with Gasteiger partial charge in [0.1, 0.15) is 5.69 Å². The zero-order chi connectivity index (χ0) is 13.2. The predicted molar refractivity (Wildman–Crippen MR) is 84.4 cm³/mol. The zero-order valence-electron chi connectivity index (χ0n) is 10.5. The Kier molecular flexibility index (Phi) is 3.59. The number of rotatable bonds is 3. The van der Waals surface area contributed by atoms with Crippen LogP contribution in [0, 0.1) is 3.57 Å². The lowest BCUT2D eigenvalue weighted by Gasteiger charge is -2.28. The van der Waals surface area contributed by atoms with Crippen LogP contribution < -0.4 is 5.32 Å². The third-order valence-corrected chi connectivity index (χ3v) is 4.30. The molecule has 1 saturated carbocycles. The van der Waals surface area contributed by atoms with Crippen LogP contribution in [0.25, 0.3) is 0 Å². The van der Waals surface area contributed by atoms with Gasteiger partial charge in [0.2, 0.25) is 0 Å². The average Bonchev–Trinajstić information content (AvgIpc) is 2.79. The first-order valence-corrected chi connectivity index (χ1v) is 7.56. The fourth-order valence-electron chi connectivity index (χ4n) is 2.30. The number of nitrogens with one attached hydrogen (secondary N) is 1. The van der Waals surface area contributed by atoms with Crippen LogP contribution in [0.4, 0.5) is 5.69 Å². The predicted octanol–water partition coefficient (Wildman–Crippen LogP) is 4.07. The summed E-state index contributed by atoms with van der Waals surface area (Å²) in [7, 11) is 0. The average molecular weight is 366 g/mol. The van der Waals surface area contributed by atoms with Crippen molar-refractivity contribution in [2.24, 2.45) is 0 Å². The molecule has 0 saturated heterocycles. The van der Waals surface area contributed by atoms with E-state index < -0.39 is 0 Å². The number of nitrogens with zero attached hydrogens (tertiary/aromatic N) is 1. The Balaban J connectivity index is 1.76. The van der Waals surface area contributed by atoms with Gasteiger partial charge in [0.15, 0.2) is 0 Å². The molecular formula is C15H15IN2O. The summed E-state index contributed by atoms with van der Waals surface area (Å²) >= 11 is 2.25. The largest absolute Gasteiger partial charge is 0.340 e. The molecule has 98 valence electrons. The fraction of sp³-hybridized carbons (Fsp3) is 0.267. The molecule has 0 bridgehead atoms. The summed E-state index contributed by atoms with van der Waals surface area (Å²) in [6.45, 7) is 0. The maximum atomic E-state index is 12.3. The Bertz CT molecular complexity index is 584. The molecular weight excluding hydrogens is 351 g/mol. The highest BCUT2D eigenvalue weighted by atomic mass is 127. The first kappa shape index (κ1) is 12.7. The molecule has 0 aliphatic heterocycles. The Morgan fingerprint density at radius 2 is 1.95 bits per heavy atom. The highest BCUT2D eigenvalue weighted by molar-refractivity contribution is 14.1. The van der Waals surface area contributed by atoms with E-state index in [-0.39, 0.29) is 5.91 Å². The van der Waals surface area contributed by atoms with Crippen molar-refractivity contribution < 1.29 is 4.79 Å². The second-order valence-electron chi connectivity index (χ2n) is 4.85. The molecule has 1 aromatic heterocycles. The number of benzene rings is 1. The van der Waals surface area contributed by atoms with E-state index in [1.165, 1.54) is 19.3 Å². The van der Waals surface area contributed by atoms with Crippen molar-refractivity contribution in [3.63, 3.8) is 0 Å². The number of carbonyl (C=O) groups is 1. The van der Waals surface area contributed by atoms with Crippen LogP contribution in [0.15, 0.2) is 42.6 Å². The number of amides is 1. The molecule has 1 amide bonds. The molecule has 0 radical (unpaired) electrons. The maximum absolute atomic E-state index is 12.3. The van der Waals surface area contributed by atoms with E-state index in [0.717, 1.165) is 15.0 Å². The first-order chi connectivity index (χ1) is 9.24. The Morgan fingerprint density at radius 3 is 2.58 bits per heavy atom. The highest BCUT2D eigenvalue weighted by Crippen LogP contribution is 2.32. The second kappa shape index (κ2) is 5.36. The van der Waals surface area contributed by atoms with Crippen molar-refractivity contribution in [1.82, 2.24) is 4.57 Å². The molecule has 19 heavy (non-hydrogen) atoms. The SMILES string of the molecule is O=C(Nc1ccc(I)cc1)c1cccn1C1CCC1. The van der Waals surface area contributed by atoms with Crippen LogP contribution in [0.5, 0.6) is 0 Å². The van der Waals surface area contributed by atoms with E-state index in [0.29, 0.717) is 6.04 Å². The van der Waals surface area contributed by atoms with Crippen LogP contribution in [-0.2, 0) is 0 Å². The van der Waals surface area contributed by atoms with Crippen LogP contribution in [0.3, 0.4) is 0 Å². The summed E-state index contributed by atoms with van der Waals surface area (Å²) in [6.07, 6.45) is 5.63. The Morgan fingerprint density at radius 1 is 1.21 bits per heavy atom. The van der Waals surface area contributed by atoms with Gasteiger partial charge in [-0.1, -0.05) is 0 Å². The molecule has 1 aliphatic rings. The molecule has 1 N–H and O–H groups in total. The summed E-state index contributed by atoms with van der Waals surface area (Å²) in [6, 6.07) is 12.2. The van der Waals surface area contributed by atoms with Gasteiger partial charge in [0.05, 0.1) is 0 Å². The van der Waals surface area contributed by atoms with Crippen LogP contribution >= 0.6 is 22.6 Å². The molecule has 4 heteroatoms. The van der Waals surface area contributed by atoms with Crippen molar-refractivity contribution in [3.8, 4) is 0 Å². The molecule has 3 nitrogen and oxygen atoms in total. The quantitative estimate of drug-likeness (QED) is 0.817. The van der Waals surface area contributed by atoms with Gasteiger partial charge in [-0.15, -0.1) is 0 Å². The monoisotopic (exact) mass is 366 g/mol. The second-order valence-corrected chi connectivity index (χ2v) is 6.09. The number of hydrogen-bond acceptors (Lipinski definition) is 1. The minimum Gasteiger partial charge on any atom is -0.340 e. The number of hydrogen-bond donors (Lipinski definition) is 1. The lowest BCUT2D eigenvalue weighted by atomic mass is 9.93. The number of halogens is 1. The van der Waals surface area contributed by atoms with Crippen molar-refractivity contribution >= 4 is 34.2 Å². The van der Waals surface area contributed by atoms with Crippen molar-refractivity contribution in [1.29, 1.82) is 0 Å². The minimum atomic E-state index is -0.0295. The van der Waals surface area contributed by atoms with Gasteiger partial charge in [-0.3, -0.25) is 4.79 Å². The summed E-state index contributed by atoms with van der Waals surface area (Å²) < 4.78 is 3.26. The van der Waals surface area contributed by atoms with Gasteiger partial charge >= 0.3 is 0 Å². The molecule has 1 aliphatic carbocycles.